The number of aromatic nitrogens is 3. The number of benzene rings is 1. The summed E-state index contributed by atoms with van der Waals surface area (Å²) in [4.78, 5) is 26.6. The molecule has 0 spiro atoms. The fourth-order valence-corrected chi connectivity index (χ4v) is 4.50. The summed E-state index contributed by atoms with van der Waals surface area (Å²) in [5, 5.41) is 7.23. The number of ether oxygens (including phenoxy) is 1. The topological polar surface area (TPSA) is 121 Å². The lowest BCUT2D eigenvalue weighted by Gasteiger charge is -2.30. The number of pyridine rings is 1. The molecule has 9 nitrogen and oxygen atoms in total. The number of rotatable bonds is 5. The van der Waals surface area contributed by atoms with Crippen molar-refractivity contribution in [1.82, 2.24) is 15.0 Å². The zero-order chi connectivity index (χ0) is 21.9. The van der Waals surface area contributed by atoms with Gasteiger partial charge >= 0.3 is 0 Å². The molecule has 2 atom stereocenters. The summed E-state index contributed by atoms with van der Waals surface area (Å²) in [6.45, 7) is 3.26. The Morgan fingerprint density at radius 1 is 1.12 bits per heavy atom. The molecule has 1 aliphatic heterocycles. The first-order chi connectivity index (χ1) is 15.7. The first-order valence-electron chi connectivity index (χ1n) is 11.3. The van der Waals surface area contributed by atoms with Gasteiger partial charge in [0.05, 0.1) is 25.1 Å². The molecule has 1 saturated heterocycles. The first-order valence-corrected chi connectivity index (χ1v) is 11.3. The zero-order valence-electron chi connectivity index (χ0n) is 18.0. The van der Waals surface area contributed by atoms with E-state index in [0.717, 1.165) is 63.4 Å². The molecule has 5 N–H and O–H groups in total. The van der Waals surface area contributed by atoms with Gasteiger partial charge in [-0.15, -0.1) is 0 Å². The Morgan fingerprint density at radius 2 is 1.91 bits per heavy atom. The van der Waals surface area contributed by atoms with Gasteiger partial charge in [0.1, 0.15) is 17.0 Å². The molecular formula is C23H29N7O2. The quantitative estimate of drug-likeness (QED) is 0.483. The van der Waals surface area contributed by atoms with Crippen molar-refractivity contribution in [1.29, 1.82) is 0 Å². The molecule has 0 bridgehead atoms. The maximum atomic E-state index is 12.6. The van der Waals surface area contributed by atoms with Gasteiger partial charge in [-0.05, 0) is 37.1 Å². The van der Waals surface area contributed by atoms with E-state index in [-0.39, 0.29) is 17.6 Å². The number of anilines is 4. The second kappa shape index (κ2) is 9.13. The minimum atomic E-state index is -0.226. The molecule has 32 heavy (non-hydrogen) atoms. The number of nitrogens with zero attached hydrogens (tertiary/aromatic N) is 3. The lowest BCUT2D eigenvalue weighted by atomic mass is 9.91. The molecule has 3 aromatic rings. The normalized spacial score (nSPS) is 21.5. The molecular weight excluding hydrogens is 406 g/mol. The molecule has 9 heteroatoms. The van der Waals surface area contributed by atoms with Gasteiger partial charge in [0, 0.05) is 42.6 Å². The van der Waals surface area contributed by atoms with Crippen LogP contribution in [0.4, 0.5) is 23.0 Å². The van der Waals surface area contributed by atoms with Crippen LogP contribution in [-0.4, -0.2) is 53.3 Å². The Kier molecular flexibility index (Phi) is 5.91. The summed E-state index contributed by atoms with van der Waals surface area (Å²) < 4.78 is 5.43. The Hall–Kier alpha value is -3.17. The highest BCUT2D eigenvalue weighted by Crippen LogP contribution is 2.27. The SMILES string of the molecule is NC1CCCC[C@@H]1Nc1cc2nc[nH]c(=O)c2c(Nc2ccc(N3CCOCC3)cc2)n1. The van der Waals surface area contributed by atoms with Crippen LogP contribution in [0.25, 0.3) is 10.9 Å². The van der Waals surface area contributed by atoms with Crippen LogP contribution in [0.15, 0.2) is 41.5 Å². The van der Waals surface area contributed by atoms with Crippen LogP contribution < -0.4 is 26.8 Å². The fraction of sp³-hybridized carbons (Fsp3) is 0.435. The van der Waals surface area contributed by atoms with E-state index in [9.17, 15) is 4.79 Å². The lowest BCUT2D eigenvalue weighted by Crippen LogP contribution is -2.42. The zero-order valence-corrected chi connectivity index (χ0v) is 18.0. The van der Waals surface area contributed by atoms with Crippen LogP contribution >= 0.6 is 0 Å². The van der Waals surface area contributed by atoms with E-state index in [1.807, 2.05) is 18.2 Å². The maximum Gasteiger partial charge on any atom is 0.262 e. The van der Waals surface area contributed by atoms with Gasteiger partial charge in [0.2, 0.25) is 0 Å². The number of H-pyrrole nitrogens is 1. The average molecular weight is 436 g/mol. The Morgan fingerprint density at radius 3 is 2.69 bits per heavy atom. The maximum absolute atomic E-state index is 12.6. The van der Waals surface area contributed by atoms with E-state index in [2.05, 4.69) is 37.6 Å². The molecule has 0 radical (unpaired) electrons. The standard InChI is InChI=1S/C23H29N7O2/c24-17-3-1-2-4-18(17)28-20-13-19-21(23(31)26-14-25-19)22(29-20)27-15-5-7-16(8-6-15)30-9-11-32-12-10-30/h5-8,13-14,17-18H,1-4,9-12,24H2,(H,25,26,31)(H2,27,28,29)/t17?,18-/m0/s1. The van der Waals surface area contributed by atoms with Crippen molar-refractivity contribution < 1.29 is 4.74 Å². The molecule has 168 valence electrons. The molecule has 1 unspecified atom stereocenters. The molecule has 3 heterocycles. The van der Waals surface area contributed by atoms with E-state index in [1.165, 1.54) is 6.33 Å². The highest BCUT2D eigenvalue weighted by atomic mass is 16.5. The Bertz CT molecular complexity index is 1130. The first kappa shape index (κ1) is 20.7. The van der Waals surface area contributed by atoms with Gasteiger partial charge in [-0.1, -0.05) is 12.8 Å². The van der Waals surface area contributed by atoms with Crippen molar-refractivity contribution >= 4 is 33.9 Å². The Labute approximate surface area is 186 Å². The number of hydrogen-bond donors (Lipinski definition) is 4. The third kappa shape index (κ3) is 4.39. The second-order valence-electron chi connectivity index (χ2n) is 8.45. The summed E-state index contributed by atoms with van der Waals surface area (Å²) in [6, 6.07) is 10.2. The third-order valence-corrected chi connectivity index (χ3v) is 6.28. The van der Waals surface area contributed by atoms with Crippen LogP contribution in [0.2, 0.25) is 0 Å². The second-order valence-corrected chi connectivity index (χ2v) is 8.45. The van der Waals surface area contributed by atoms with Crippen LogP contribution in [0, 0.1) is 0 Å². The smallest absolute Gasteiger partial charge is 0.262 e. The van der Waals surface area contributed by atoms with E-state index >= 15 is 0 Å². The van der Waals surface area contributed by atoms with Crippen LogP contribution in [0.5, 0.6) is 0 Å². The molecule has 1 aromatic carbocycles. The highest BCUT2D eigenvalue weighted by molar-refractivity contribution is 5.92. The van der Waals surface area contributed by atoms with Gasteiger partial charge in [0.25, 0.3) is 5.56 Å². The monoisotopic (exact) mass is 435 g/mol. The van der Waals surface area contributed by atoms with Gasteiger partial charge in [-0.25, -0.2) is 9.97 Å². The number of hydrogen-bond acceptors (Lipinski definition) is 8. The summed E-state index contributed by atoms with van der Waals surface area (Å²) >= 11 is 0. The van der Waals surface area contributed by atoms with Gasteiger partial charge in [0.15, 0.2) is 0 Å². The van der Waals surface area contributed by atoms with Crippen molar-refractivity contribution in [2.24, 2.45) is 5.73 Å². The van der Waals surface area contributed by atoms with E-state index < -0.39 is 0 Å². The fourth-order valence-electron chi connectivity index (χ4n) is 4.50. The average Bonchev–Trinajstić information content (AvgIpc) is 2.82. The van der Waals surface area contributed by atoms with Crippen molar-refractivity contribution in [2.45, 2.75) is 37.8 Å². The van der Waals surface area contributed by atoms with Gasteiger partial charge in [-0.3, -0.25) is 4.79 Å². The summed E-state index contributed by atoms with van der Waals surface area (Å²) in [7, 11) is 0. The molecule has 2 aliphatic rings. The van der Waals surface area contributed by atoms with E-state index in [0.29, 0.717) is 22.5 Å². The van der Waals surface area contributed by atoms with E-state index in [1.54, 1.807) is 0 Å². The van der Waals surface area contributed by atoms with Crippen molar-refractivity contribution in [2.75, 3.05) is 41.8 Å². The summed E-state index contributed by atoms with van der Waals surface area (Å²) in [5.74, 6) is 1.15. The molecule has 1 aliphatic carbocycles. The van der Waals surface area contributed by atoms with Crippen molar-refractivity contribution in [3.05, 3.63) is 47.0 Å². The molecule has 5 rings (SSSR count). The highest BCUT2D eigenvalue weighted by Gasteiger charge is 2.22. The number of morpholine rings is 1. The predicted molar refractivity (Wildman–Crippen MR) is 127 cm³/mol. The number of nitrogens with one attached hydrogen (secondary N) is 3. The predicted octanol–water partition coefficient (Wildman–Crippen LogP) is 2.58. The van der Waals surface area contributed by atoms with Crippen molar-refractivity contribution in [3.8, 4) is 0 Å². The van der Waals surface area contributed by atoms with Crippen LogP contribution in [0.3, 0.4) is 0 Å². The summed E-state index contributed by atoms with van der Waals surface area (Å²) in [5.41, 5.74) is 8.68. The van der Waals surface area contributed by atoms with Gasteiger partial charge < -0.3 is 31.0 Å². The van der Waals surface area contributed by atoms with Crippen LogP contribution in [0.1, 0.15) is 25.7 Å². The minimum absolute atomic E-state index is 0.0949. The molecule has 2 fully saturated rings. The molecule has 1 saturated carbocycles. The number of nitrogens with two attached hydrogens (primary N) is 1. The Balaban J connectivity index is 1.43. The van der Waals surface area contributed by atoms with E-state index in [4.69, 9.17) is 15.5 Å². The molecule has 0 amide bonds. The molecule has 2 aromatic heterocycles. The lowest BCUT2D eigenvalue weighted by molar-refractivity contribution is 0.122. The van der Waals surface area contributed by atoms with Crippen LogP contribution in [-0.2, 0) is 4.74 Å². The minimum Gasteiger partial charge on any atom is -0.378 e. The van der Waals surface area contributed by atoms with Crippen molar-refractivity contribution in [3.63, 3.8) is 0 Å². The number of fused-ring (bicyclic) bond motifs is 1. The third-order valence-electron chi connectivity index (χ3n) is 6.28. The van der Waals surface area contributed by atoms with Gasteiger partial charge in [-0.2, -0.15) is 0 Å². The largest absolute Gasteiger partial charge is 0.378 e. The summed E-state index contributed by atoms with van der Waals surface area (Å²) in [6.07, 6.45) is 5.74. The number of aromatic amines is 1.